The molecule has 0 bridgehead atoms. The number of hydrogen-bond acceptors (Lipinski definition) is 1. The Morgan fingerprint density at radius 1 is 0.532 bits per heavy atom. The number of rotatable bonds is 4. The highest BCUT2D eigenvalue weighted by atomic mass is 14.7. The molecule has 0 fully saturated rings. The second kappa shape index (κ2) is 11.7. The minimum Gasteiger partial charge on any atom is -0.248 e. The van der Waals surface area contributed by atoms with Gasteiger partial charge in [0.25, 0.3) is 0 Å². The topological polar surface area (TPSA) is 12.9 Å². The van der Waals surface area contributed by atoms with E-state index in [0.717, 1.165) is 49.9 Å². The summed E-state index contributed by atoms with van der Waals surface area (Å²) in [5.74, 6) is 0.634. The molecule has 0 aliphatic heterocycles. The monoisotopic (exact) mass is 605 g/mol. The van der Waals surface area contributed by atoms with Gasteiger partial charge < -0.3 is 0 Å². The van der Waals surface area contributed by atoms with Crippen LogP contribution in [0, 0.1) is 11.8 Å². The Hall–Kier alpha value is -5.01. The third kappa shape index (κ3) is 4.80. The van der Waals surface area contributed by atoms with Crippen molar-refractivity contribution in [2.24, 2.45) is 11.8 Å². The van der Waals surface area contributed by atoms with E-state index in [2.05, 4.69) is 140 Å². The number of pyridine rings is 1. The number of nitrogens with zero attached hydrogens (tertiary/aromatic N) is 1. The minimum atomic E-state index is 0.312. The summed E-state index contributed by atoms with van der Waals surface area (Å²) in [7, 11) is 0. The highest BCUT2D eigenvalue weighted by Crippen LogP contribution is 2.44. The van der Waals surface area contributed by atoms with E-state index in [1.54, 1.807) is 0 Å². The Kier molecular flexibility index (Phi) is 7.00. The van der Waals surface area contributed by atoms with Gasteiger partial charge in [0.2, 0.25) is 0 Å². The average molecular weight is 606 g/mol. The molecule has 5 aliphatic rings. The molecule has 1 heteroatoms. The first kappa shape index (κ1) is 28.2. The quantitative estimate of drug-likeness (QED) is 0.272. The van der Waals surface area contributed by atoms with E-state index in [1.165, 1.54) is 70.3 Å². The fourth-order valence-corrected chi connectivity index (χ4v) is 8.78. The van der Waals surface area contributed by atoms with Gasteiger partial charge in [-0.2, -0.15) is 0 Å². The van der Waals surface area contributed by atoms with Crippen LogP contribution in [0.25, 0.3) is 39.5 Å². The molecule has 3 aromatic carbocycles. The second-order valence-electron chi connectivity index (χ2n) is 13.6. The molecule has 5 aliphatic carbocycles. The number of benzene rings is 3. The van der Waals surface area contributed by atoms with E-state index in [0.29, 0.717) is 11.8 Å². The van der Waals surface area contributed by atoms with Crippen molar-refractivity contribution in [3.8, 4) is 0 Å². The summed E-state index contributed by atoms with van der Waals surface area (Å²) in [4.78, 5) is 5.32. The summed E-state index contributed by atoms with van der Waals surface area (Å²) in [6.45, 7) is 2.31. The molecule has 2 atom stereocenters. The van der Waals surface area contributed by atoms with Crippen LogP contribution in [0.2, 0.25) is 0 Å². The smallest absolute Gasteiger partial charge is 0.0706 e. The largest absolute Gasteiger partial charge is 0.248 e. The van der Waals surface area contributed by atoms with Gasteiger partial charge in [0.1, 0.15) is 0 Å². The molecule has 0 saturated carbocycles. The van der Waals surface area contributed by atoms with Crippen LogP contribution in [0.4, 0.5) is 0 Å². The summed E-state index contributed by atoms with van der Waals surface area (Å²) in [5, 5.41) is 8.32. The highest BCUT2D eigenvalue weighted by Gasteiger charge is 2.34. The molecular weight excluding hydrogens is 567 g/mol. The summed E-state index contributed by atoms with van der Waals surface area (Å²) in [6, 6.07) is 33.7. The van der Waals surface area contributed by atoms with Crippen LogP contribution in [0.3, 0.4) is 0 Å². The zero-order valence-electron chi connectivity index (χ0n) is 27.0. The lowest BCUT2D eigenvalue weighted by atomic mass is 9.67. The molecule has 4 aromatic rings. The first-order valence-electron chi connectivity index (χ1n) is 17.4. The Morgan fingerprint density at radius 2 is 1.19 bits per heavy atom. The Labute approximate surface area is 276 Å². The Bertz CT molecular complexity index is 2480. The van der Waals surface area contributed by atoms with Crippen molar-refractivity contribution in [3.05, 3.63) is 176 Å². The molecule has 0 N–H and O–H groups in total. The Balaban J connectivity index is 1.23. The van der Waals surface area contributed by atoms with Crippen molar-refractivity contribution in [1.82, 2.24) is 4.98 Å². The fraction of sp³-hybridized carbons (Fsp3) is 0.196. The van der Waals surface area contributed by atoms with Crippen molar-refractivity contribution < 1.29 is 0 Å². The first-order valence-corrected chi connectivity index (χ1v) is 17.4. The number of allylic oxidation sites excluding steroid dienone is 8. The summed E-state index contributed by atoms with van der Waals surface area (Å²) >= 11 is 0. The molecule has 1 heterocycles. The van der Waals surface area contributed by atoms with E-state index >= 15 is 0 Å². The maximum absolute atomic E-state index is 5.32. The number of hydrogen-bond donors (Lipinski definition) is 0. The van der Waals surface area contributed by atoms with Gasteiger partial charge in [-0.05, 0) is 128 Å². The van der Waals surface area contributed by atoms with Crippen molar-refractivity contribution in [1.29, 1.82) is 0 Å². The van der Waals surface area contributed by atoms with Gasteiger partial charge in [-0.1, -0.05) is 121 Å². The first-order chi connectivity index (χ1) is 23.2. The molecule has 0 spiro atoms. The molecule has 1 aromatic heterocycles. The van der Waals surface area contributed by atoms with Gasteiger partial charge in [-0.15, -0.1) is 0 Å². The standard InChI is InChI=1S/C46H39N/c1-30-27-28-42(36-19-5-4-17-34(30)36)46-40-22-8-6-20-38(40)45(39-21-7-9-23-41(39)46)33-16-10-15-32(29-33)43-25-12-26-44(47-43)37-24-11-14-31-13-2-3-18-35(31)37/h2-9,12-15,17-23,25-26,29,38,40H,10-11,16,24,27-28H2,1H3. The van der Waals surface area contributed by atoms with E-state index in [9.17, 15) is 0 Å². The van der Waals surface area contributed by atoms with Gasteiger partial charge >= 0.3 is 0 Å². The lowest BCUT2D eigenvalue weighted by Gasteiger charge is -2.36. The Morgan fingerprint density at radius 3 is 2.02 bits per heavy atom. The summed E-state index contributed by atoms with van der Waals surface area (Å²) in [5.41, 5.74) is 12.3. The minimum absolute atomic E-state index is 0.312. The van der Waals surface area contributed by atoms with Gasteiger partial charge in [0.15, 0.2) is 0 Å². The molecule has 228 valence electrons. The zero-order valence-corrected chi connectivity index (χ0v) is 27.0. The molecule has 47 heavy (non-hydrogen) atoms. The van der Waals surface area contributed by atoms with Crippen LogP contribution in [-0.4, -0.2) is 4.98 Å². The van der Waals surface area contributed by atoms with Crippen LogP contribution in [0.1, 0.15) is 56.8 Å². The fourth-order valence-electron chi connectivity index (χ4n) is 8.78. The van der Waals surface area contributed by atoms with Crippen molar-refractivity contribution in [3.63, 3.8) is 0 Å². The molecule has 1 nitrogen and oxygen atoms in total. The van der Waals surface area contributed by atoms with Crippen molar-refractivity contribution in [2.75, 3.05) is 0 Å². The molecule has 0 saturated heterocycles. The molecule has 9 rings (SSSR count). The van der Waals surface area contributed by atoms with Crippen LogP contribution >= 0.6 is 0 Å². The van der Waals surface area contributed by atoms with Crippen LogP contribution in [0.15, 0.2) is 133 Å². The molecule has 0 radical (unpaired) electrons. The average Bonchev–Trinajstić information content (AvgIpc) is 3.14. The van der Waals surface area contributed by atoms with Crippen LogP contribution in [0.5, 0.6) is 0 Å². The normalized spacial score (nSPS) is 21.3. The van der Waals surface area contributed by atoms with Crippen LogP contribution in [-0.2, 0) is 0 Å². The van der Waals surface area contributed by atoms with E-state index in [-0.39, 0.29) is 0 Å². The third-order valence-corrected chi connectivity index (χ3v) is 10.9. The molecular formula is C46H39N. The SMILES string of the molecule is CC1=c2ccccc2=C(C2=c3ccccc3=C(C3=CC(c4cccc(C5=c6ccccc6=CCC5)n4)=CCC3)C3C=CC=CC23)CC1. The van der Waals surface area contributed by atoms with Crippen molar-refractivity contribution >= 4 is 39.5 Å². The molecule has 2 unspecified atom stereocenters. The molecule has 0 amide bonds. The summed E-state index contributed by atoms with van der Waals surface area (Å²) in [6.07, 6.45) is 23.1. The summed E-state index contributed by atoms with van der Waals surface area (Å²) < 4.78 is 0. The number of aromatic nitrogens is 1. The van der Waals surface area contributed by atoms with E-state index in [4.69, 9.17) is 4.98 Å². The zero-order chi connectivity index (χ0) is 31.3. The van der Waals surface area contributed by atoms with Crippen molar-refractivity contribution in [2.45, 2.75) is 45.4 Å². The lowest BCUT2D eigenvalue weighted by Crippen LogP contribution is -2.42. The highest BCUT2D eigenvalue weighted by molar-refractivity contribution is 5.95. The van der Waals surface area contributed by atoms with Gasteiger partial charge in [0.05, 0.1) is 11.4 Å². The maximum atomic E-state index is 5.32. The lowest BCUT2D eigenvalue weighted by molar-refractivity contribution is 0.681. The predicted molar refractivity (Wildman–Crippen MR) is 197 cm³/mol. The van der Waals surface area contributed by atoms with Crippen LogP contribution < -0.4 is 31.3 Å². The predicted octanol–water partition coefficient (Wildman–Crippen LogP) is 6.15. The second-order valence-corrected chi connectivity index (χ2v) is 13.6. The van der Waals surface area contributed by atoms with Gasteiger partial charge in [0, 0.05) is 11.8 Å². The maximum Gasteiger partial charge on any atom is 0.0706 e. The van der Waals surface area contributed by atoms with Gasteiger partial charge in [-0.25, -0.2) is 4.98 Å². The number of fused-ring (bicyclic) bond motifs is 4. The van der Waals surface area contributed by atoms with Gasteiger partial charge in [-0.3, -0.25) is 0 Å². The van der Waals surface area contributed by atoms with E-state index < -0.39 is 0 Å². The third-order valence-electron chi connectivity index (χ3n) is 10.9. The van der Waals surface area contributed by atoms with E-state index in [1.807, 2.05) is 0 Å².